The van der Waals surface area contributed by atoms with E-state index in [4.69, 9.17) is 5.73 Å². The van der Waals surface area contributed by atoms with Crippen LogP contribution >= 0.6 is 0 Å². The Hall–Kier alpha value is -2.63. The second-order valence-corrected chi connectivity index (χ2v) is 3.92. The van der Waals surface area contributed by atoms with Gasteiger partial charge in [0.1, 0.15) is 17.7 Å². The van der Waals surface area contributed by atoms with Crippen LogP contribution in [-0.2, 0) is 7.05 Å². The lowest BCUT2D eigenvalue weighted by atomic mass is 10.2. The molecule has 0 aliphatic rings. The highest BCUT2D eigenvalue weighted by molar-refractivity contribution is 5.91. The third kappa shape index (κ3) is 1.64. The van der Waals surface area contributed by atoms with E-state index in [0.29, 0.717) is 5.95 Å². The summed E-state index contributed by atoms with van der Waals surface area (Å²) in [5, 5.41) is 3.20. The van der Waals surface area contributed by atoms with Crippen LogP contribution in [0.25, 0.3) is 11.0 Å². The number of rotatable bonds is 2. The molecule has 90 valence electrons. The van der Waals surface area contributed by atoms with E-state index >= 15 is 0 Å². The number of imidazole rings is 1. The molecule has 0 fully saturated rings. The molecule has 3 rings (SSSR count). The van der Waals surface area contributed by atoms with Crippen LogP contribution in [0, 0.1) is 0 Å². The fourth-order valence-electron chi connectivity index (χ4n) is 1.84. The van der Waals surface area contributed by atoms with Crippen molar-refractivity contribution in [1.29, 1.82) is 0 Å². The summed E-state index contributed by atoms with van der Waals surface area (Å²) in [4.78, 5) is 12.3. The molecule has 1 aromatic carbocycles. The van der Waals surface area contributed by atoms with Gasteiger partial charge in [-0.05, 0) is 18.2 Å². The summed E-state index contributed by atoms with van der Waals surface area (Å²) in [6.07, 6.45) is 3.18. The molecule has 0 bridgehead atoms. The molecule has 0 saturated carbocycles. The smallest absolute Gasteiger partial charge is 0.201 e. The molecule has 18 heavy (non-hydrogen) atoms. The molecule has 0 saturated heterocycles. The van der Waals surface area contributed by atoms with Gasteiger partial charge in [0.25, 0.3) is 0 Å². The van der Waals surface area contributed by atoms with Crippen molar-refractivity contribution in [3.63, 3.8) is 0 Å². The van der Waals surface area contributed by atoms with Crippen molar-refractivity contribution >= 4 is 28.5 Å². The summed E-state index contributed by atoms with van der Waals surface area (Å²) in [6, 6.07) is 7.67. The van der Waals surface area contributed by atoms with Gasteiger partial charge < -0.3 is 15.6 Å². The predicted molar refractivity (Wildman–Crippen MR) is 70.4 cm³/mol. The Balaban J connectivity index is 2.10. The molecule has 0 atom stereocenters. The number of nitrogens with zero attached hydrogens (tertiary/aromatic N) is 4. The fraction of sp³-hybridized carbons (Fsp3) is 0.0833. The van der Waals surface area contributed by atoms with E-state index in [2.05, 4.69) is 20.3 Å². The lowest BCUT2D eigenvalue weighted by Crippen LogP contribution is -1.95. The first-order valence-electron chi connectivity index (χ1n) is 5.49. The monoisotopic (exact) mass is 240 g/mol. The minimum Gasteiger partial charge on any atom is -0.369 e. The second-order valence-electron chi connectivity index (χ2n) is 3.92. The van der Waals surface area contributed by atoms with E-state index in [1.54, 1.807) is 12.3 Å². The van der Waals surface area contributed by atoms with Gasteiger partial charge in [-0.3, -0.25) is 0 Å². The summed E-state index contributed by atoms with van der Waals surface area (Å²) >= 11 is 0. The number of aryl methyl sites for hydroxylation is 1. The fourth-order valence-corrected chi connectivity index (χ4v) is 1.84. The van der Waals surface area contributed by atoms with Crippen LogP contribution in [0.4, 0.5) is 17.5 Å². The van der Waals surface area contributed by atoms with Crippen molar-refractivity contribution in [2.45, 2.75) is 0 Å². The Morgan fingerprint density at radius 2 is 2.17 bits per heavy atom. The standard InChI is InChI=1S/C12H12N6/c1-18-9-4-2-3-8(11(9)17-12(18)13)16-10-5-6-14-7-15-10/h2-7H,1H3,(H2,13,17)(H,14,15,16). The van der Waals surface area contributed by atoms with Crippen LogP contribution in [0.2, 0.25) is 0 Å². The van der Waals surface area contributed by atoms with Crippen molar-refractivity contribution in [2.24, 2.45) is 7.05 Å². The Morgan fingerprint density at radius 1 is 1.28 bits per heavy atom. The molecule has 3 N–H and O–H groups in total. The average molecular weight is 240 g/mol. The van der Waals surface area contributed by atoms with Gasteiger partial charge in [0, 0.05) is 13.2 Å². The lowest BCUT2D eigenvalue weighted by Gasteiger charge is -2.05. The quantitative estimate of drug-likeness (QED) is 0.712. The zero-order valence-corrected chi connectivity index (χ0v) is 9.83. The highest BCUT2D eigenvalue weighted by atomic mass is 15.1. The first kappa shape index (κ1) is 10.5. The van der Waals surface area contributed by atoms with Crippen LogP contribution in [0.15, 0.2) is 36.8 Å². The number of fused-ring (bicyclic) bond motifs is 1. The zero-order valence-electron chi connectivity index (χ0n) is 9.83. The third-order valence-corrected chi connectivity index (χ3v) is 2.79. The number of hydrogen-bond acceptors (Lipinski definition) is 5. The Morgan fingerprint density at radius 3 is 2.94 bits per heavy atom. The molecule has 6 nitrogen and oxygen atoms in total. The van der Waals surface area contributed by atoms with Gasteiger partial charge in [0.15, 0.2) is 0 Å². The van der Waals surface area contributed by atoms with Crippen LogP contribution in [-0.4, -0.2) is 19.5 Å². The summed E-state index contributed by atoms with van der Waals surface area (Å²) in [5.41, 5.74) is 8.49. The number of hydrogen-bond donors (Lipinski definition) is 2. The van der Waals surface area contributed by atoms with E-state index in [9.17, 15) is 0 Å². The number of aromatic nitrogens is 4. The molecule has 3 aromatic rings. The average Bonchev–Trinajstić information content (AvgIpc) is 2.69. The van der Waals surface area contributed by atoms with E-state index in [1.807, 2.05) is 29.8 Å². The SMILES string of the molecule is Cn1c(N)nc2c(Nc3ccncn3)cccc21. The van der Waals surface area contributed by atoms with Crippen molar-refractivity contribution in [2.75, 3.05) is 11.1 Å². The summed E-state index contributed by atoms with van der Waals surface area (Å²) in [7, 11) is 1.89. The van der Waals surface area contributed by atoms with Crippen LogP contribution in [0.3, 0.4) is 0 Å². The van der Waals surface area contributed by atoms with Crippen LogP contribution < -0.4 is 11.1 Å². The molecule has 0 spiro atoms. The first-order valence-corrected chi connectivity index (χ1v) is 5.49. The Labute approximate surface area is 104 Å². The molecule has 0 aliphatic carbocycles. The maximum Gasteiger partial charge on any atom is 0.201 e. The predicted octanol–water partition coefficient (Wildman–Crippen LogP) is 1.69. The Bertz CT molecular complexity index is 688. The minimum atomic E-state index is 0.488. The van der Waals surface area contributed by atoms with Crippen molar-refractivity contribution in [1.82, 2.24) is 19.5 Å². The van der Waals surface area contributed by atoms with Crippen LogP contribution in [0.1, 0.15) is 0 Å². The highest BCUT2D eigenvalue weighted by Gasteiger charge is 2.09. The second kappa shape index (κ2) is 3.99. The number of para-hydroxylation sites is 1. The van der Waals surface area contributed by atoms with E-state index in [0.717, 1.165) is 22.5 Å². The van der Waals surface area contributed by atoms with Gasteiger partial charge in [-0.15, -0.1) is 0 Å². The molecule has 0 radical (unpaired) electrons. The highest BCUT2D eigenvalue weighted by Crippen LogP contribution is 2.26. The molecule has 2 aromatic heterocycles. The summed E-state index contributed by atoms with van der Waals surface area (Å²) in [5.74, 6) is 1.21. The lowest BCUT2D eigenvalue weighted by molar-refractivity contribution is 0.965. The zero-order chi connectivity index (χ0) is 12.5. The van der Waals surface area contributed by atoms with Crippen molar-refractivity contribution < 1.29 is 0 Å². The number of benzene rings is 1. The first-order chi connectivity index (χ1) is 8.75. The van der Waals surface area contributed by atoms with Gasteiger partial charge in [-0.1, -0.05) is 6.07 Å². The van der Waals surface area contributed by atoms with E-state index < -0.39 is 0 Å². The van der Waals surface area contributed by atoms with Crippen molar-refractivity contribution in [3.05, 3.63) is 36.8 Å². The van der Waals surface area contributed by atoms with Crippen LogP contribution in [0.5, 0.6) is 0 Å². The van der Waals surface area contributed by atoms with Gasteiger partial charge in [-0.25, -0.2) is 15.0 Å². The van der Waals surface area contributed by atoms with E-state index in [1.165, 1.54) is 6.33 Å². The van der Waals surface area contributed by atoms with Crippen molar-refractivity contribution in [3.8, 4) is 0 Å². The van der Waals surface area contributed by atoms with Gasteiger partial charge >= 0.3 is 0 Å². The summed E-state index contributed by atoms with van der Waals surface area (Å²) in [6.45, 7) is 0. The number of nitrogens with two attached hydrogens (primary N) is 1. The molecular weight excluding hydrogens is 228 g/mol. The third-order valence-electron chi connectivity index (χ3n) is 2.79. The number of nitrogen functional groups attached to an aromatic ring is 1. The number of nitrogens with one attached hydrogen (secondary N) is 1. The molecule has 2 heterocycles. The Kier molecular flexibility index (Phi) is 2.33. The molecular formula is C12H12N6. The minimum absolute atomic E-state index is 0.488. The van der Waals surface area contributed by atoms with E-state index in [-0.39, 0.29) is 0 Å². The van der Waals surface area contributed by atoms with Gasteiger partial charge in [-0.2, -0.15) is 0 Å². The largest absolute Gasteiger partial charge is 0.369 e. The van der Waals surface area contributed by atoms with Gasteiger partial charge in [0.2, 0.25) is 5.95 Å². The normalized spacial score (nSPS) is 10.7. The maximum absolute atomic E-state index is 5.81. The molecule has 6 heteroatoms. The molecule has 0 amide bonds. The maximum atomic E-state index is 5.81. The topological polar surface area (TPSA) is 81.7 Å². The number of anilines is 3. The van der Waals surface area contributed by atoms with Gasteiger partial charge in [0.05, 0.1) is 11.2 Å². The molecule has 0 unspecified atom stereocenters. The molecule has 0 aliphatic heterocycles. The summed E-state index contributed by atoms with van der Waals surface area (Å²) < 4.78 is 1.85.